The van der Waals surface area contributed by atoms with Crippen LogP contribution in [0.5, 0.6) is 11.5 Å². The molecule has 25 heavy (non-hydrogen) atoms. The Hall–Kier alpha value is -3.42. The molecular formula is C17H11F2N3O3. The molecule has 6 nitrogen and oxygen atoms in total. The molecule has 0 saturated carbocycles. The van der Waals surface area contributed by atoms with E-state index >= 15 is 0 Å². The van der Waals surface area contributed by atoms with Crippen LogP contribution in [0.25, 0.3) is 5.69 Å². The van der Waals surface area contributed by atoms with Crippen LogP contribution < -0.4 is 14.8 Å². The van der Waals surface area contributed by atoms with Gasteiger partial charge in [0.2, 0.25) is 0 Å². The molecule has 4 rings (SSSR count). The highest BCUT2D eigenvalue weighted by molar-refractivity contribution is 6.04. The average Bonchev–Trinajstić information content (AvgIpc) is 3.18. The van der Waals surface area contributed by atoms with Gasteiger partial charge in [0.05, 0.1) is 17.4 Å². The van der Waals surface area contributed by atoms with E-state index in [9.17, 15) is 13.6 Å². The van der Waals surface area contributed by atoms with Gasteiger partial charge in [-0.15, -0.1) is 8.78 Å². The van der Waals surface area contributed by atoms with Gasteiger partial charge >= 0.3 is 6.29 Å². The van der Waals surface area contributed by atoms with Crippen LogP contribution in [0, 0.1) is 0 Å². The number of ether oxygens (including phenoxy) is 2. The molecule has 1 N–H and O–H groups in total. The van der Waals surface area contributed by atoms with Gasteiger partial charge in [0.1, 0.15) is 0 Å². The zero-order chi connectivity index (χ0) is 17.4. The van der Waals surface area contributed by atoms with Crippen LogP contribution in [0.3, 0.4) is 0 Å². The number of carbonyl (C=O) groups is 1. The third-order valence-electron chi connectivity index (χ3n) is 3.52. The molecule has 2 heterocycles. The van der Waals surface area contributed by atoms with E-state index in [2.05, 4.69) is 19.9 Å². The molecule has 0 radical (unpaired) electrons. The molecule has 1 aliphatic heterocycles. The van der Waals surface area contributed by atoms with Crippen molar-refractivity contribution >= 4 is 11.6 Å². The van der Waals surface area contributed by atoms with Crippen LogP contribution in [-0.2, 0) is 0 Å². The molecule has 0 atom stereocenters. The summed E-state index contributed by atoms with van der Waals surface area (Å²) in [7, 11) is 0. The third-order valence-corrected chi connectivity index (χ3v) is 3.52. The van der Waals surface area contributed by atoms with E-state index in [1.54, 1.807) is 10.9 Å². The Labute approximate surface area is 140 Å². The van der Waals surface area contributed by atoms with Crippen LogP contribution in [0.4, 0.5) is 14.5 Å². The molecule has 3 aromatic rings. The normalized spacial score (nSPS) is 14.3. The molecule has 1 amide bonds. The monoisotopic (exact) mass is 343 g/mol. The van der Waals surface area contributed by atoms with Gasteiger partial charge in [-0.3, -0.25) is 4.79 Å². The van der Waals surface area contributed by atoms with Crippen LogP contribution in [-0.4, -0.2) is 22.0 Å². The summed E-state index contributed by atoms with van der Waals surface area (Å²) in [5.74, 6) is -0.643. The van der Waals surface area contributed by atoms with Crippen LogP contribution in [0.15, 0.2) is 60.9 Å². The van der Waals surface area contributed by atoms with E-state index in [1.165, 1.54) is 24.4 Å². The van der Waals surface area contributed by atoms with Crippen molar-refractivity contribution < 1.29 is 23.0 Å². The summed E-state index contributed by atoms with van der Waals surface area (Å²) in [6.07, 6.45) is -0.697. The molecular weight excluding hydrogens is 332 g/mol. The number of para-hydroxylation sites is 1. The van der Waals surface area contributed by atoms with Gasteiger partial charge in [-0.1, -0.05) is 18.2 Å². The number of fused-ring (bicyclic) bond motifs is 1. The highest BCUT2D eigenvalue weighted by Gasteiger charge is 2.43. The molecule has 0 saturated heterocycles. The zero-order valence-corrected chi connectivity index (χ0v) is 12.6. The summed E-state index contributed by atoms with van der Waals surface area (Å²) in [6.45, 7) is 0. The van der Waals surface area contributed by atoms with Crippen molar-refractivity contribution in [1.82, 2.24) is 9.78 Å². The van der Waals surface area contributed by atoms with Crippen molar-refractivity contribution in [3.63, 3.8) is 0 Å². The fourth-order valence-corrected chi connectivity index (χ4v) is 2.39. The Bertz CT molecular complexity index is 941. The van der Waals surface area contributed by atoms with Crippen molar-refractivity contribution in [3.05, 3.63) is 66.5 Å². The average molecular weight is 343 g/mol. The number of anilines is 1. The maximum atomic E-state index is 13.0. The van der Waals surface area contributed by atoms with Crippen LogP contribution in [0.1, 0.15) is 10.4 Å². The fraction of sp³-hybridized carbons (Fsp3) is 0.0588. The lowest BCUT2D eigenvalue weighted by molar-refractivity contribution is -0.286. The molecule has 2 aromatic carbocycles. The number of aromatic nitrogens is 2. The molecule has 0 aliphatic carbocycles. The molecule has 126 valence electrons. The van der Waals surface area contributed by atoms with Crippen molar-refractivity contribution in [3.8, 4) is 17.2 Å². The minimum Gasteiger partial charge on any atom is -0.395 e. The molecule has 1 aliphatic rings. The number of alkyl halides is 2. The Morgan fingerprint density at radius 3 is 2.64 bits per heavy atom. The van der Waals surface area contributed by atoms with Gasteiger partial charge in [0.15, 0.2) is 11.5 Å². The second kappa shape index (κ2) is 5.59. The third kappa shape index (κ3) is 3.01. The number of nitrogens with zero attached hydrogens (tertiary/aromatic N) is 2. The number of nitrogens with one attached hydrogen (secondary N) is 1. The molecule has 0 unspecified atom stereocenters. The first-order chi connectivity index (χ1) is 12.0. The van der Waals surface area contributed by atoms with Gasteiger partial charge in [0.25, 0.3) is 5.91 Å². The van der Waals surface area contributed by atoms with E-state index in [0.717, 1.165) is 5.69 Å². The highest BCUT2D eigenvalue weighted by atomic mass is 19.3. The molecule has 8 heteroatoms. The van der Waals surface area contributed by atoms with Crippen molar-refractivity contribution in [2.45, 2.75) is 6.29 Å². The van der Waals surface area contributed by atoms with Crippen molar-refractivity contribution in [1.29, 1.82) is 0 Å². The minimum absolute atomic E-state index is 0.0834. The number of hydrogen-bond acceptors (Lipinski definition) is 4. The van der Waals surface area contributed by atoms with E-state index in [-0.39, 0.29) is 11.5 Å². The van der Waals surface area contributed by atoms with E-state index in [1.807, 2.05) is 30.3 Å². The zero-order valence-electron chi connectivity index (χ0n) is 12.6. The van der Waals surface area contributed by atoms with Crippen LogP contribution >= 0.6 is 0 Å². The quantitative estimate of drug-likeness (QED) is 0.791. The van der Waals surface area contributed by atoms with Gasteiger partial charge in [-0.05, 0) is 24.3 Å². The standard InChI is InChI=1S/C17H11F2N3O3/c18-17(19)24-14-7-6-12(8-15(14)25-17)21-16(23)11-9-20-22(10-11)13-4-2-1-3-5-13/h1-10H,(H,21,23). The largest absolute Gasteiger partial charge is 0.586 e. The second-order valence-corrected chi connectivity index (χ2v) is 5.29. The van der Waals surface area contributed by atoms with Crippen LogP contribution in [0.2, 0.25) is 0 Å². The van der Waals surface area contributed by atoms with Gasteiger partial charge in [-0.2, -0.15) is 5.10 Å². The maximum absolute atomic E-state index is 13.0. The van der Waals surface area contributed by atoms with E-state index < -0.39 is 12.2 Å². The van der Waals surface area contributed by atoms with Crippen molar-refractivity contribution in [2.24, 2.45) is 0 Å². The lowest BCUT2D eigenvalue weighted by atomic mass is 10.2. The minimum atomic E-state index is -3.69. The predicted molar refractivity (Wildman–Crippen MR) is 84.2 cm³/mol. The number of amides is 1. The summed E-state index contributed by atoms with van der Waals surface area (Å²) in [5, 5.41) is 6.75. The lowest BCUT2D eigenvalue weighted by Gasteiger charge is -2.05. The number of halogens is 2. The molecule has 0 spiro atoms. The predicted octanol–water partition coefficient (Wildman–Crippen LogP) is 3.45. The molecule has 1 aromatic heterocycles. The Morgan fingerprint density at radius 2 is 1.84 bits per heavy atom. The summed E-state index contributed by atoms with van der Waals surface area (Å²) in [5.41, 5.74) is 1.44. The summed E-state index contributed by atoms with van der Waals surface area (Å²) in [6, 6.07) is 13.3. The Kier molecular flexibility index (Phi) is 3.38. The molecule has 0 bridgehead atoms. The summed E-state index contributed by atoms with van der Waals surface area (Å²) < 4.78 is 36.3. The smallest absolute Gasteiger partial charge is 0.395 e. The number of rotatable bonds is 3. The first-order valence-electron chi connectivity index (χ1n) is 7.31. The number of benzene rings is 2. The summed E-state index contributed by atoms with van der Waals surface area (Å²) in [4.78, 5) is 12.3. The van der Waals surface area contributed by atoms with Gasteiger partial charge in [0, 0.05) is 18.0 Å². The SMILES string of the molecule is O=C(Nc1ccc2c(c1)OC(F)(F)O2)c1cnn(-c2ccccc2)c1. The van der Waals surface area contributed by atoms with Gasteiger partial charge in [-0.25, -0.2) is 4.68 Å². The van der Waals surface area contributed by atoms with E-state index in [4.69, 9.17) is 0 Å². The first kappa shape index (κ1) is 15.1. The first-order valence-corrected chi connectivity index (χ1v) is 7.31. The van der Waals surface area contributed by atoms with Crippen molar-refractivity contribution in [2.75, 3.05) is 5.32 Å². The number of hydrogen-bond donors (Lipinski definition) is 1. The topological polar surface area (TPSA) is 65.4 Å². The second-order valence-electron chi connectivity index (χ2n) is 5.29. The number of carbonyl (C=O) groups excluding carboxylic acids is 1. The Balaban J connectivity index is 1.51. The lowest BCUT2D eigenvalue weighted by Crippen LogP contribution is -2.25. The molecule has 0 fully saturated rings. The van der Waals surface area contributed by atoms with Gasteiger partial charge < -0.3 is 14.8 Å². The van der Waals surface area contributed by atoms with E-state index in [0.29, 0.717) is 11.3 Å². The Morgan fingerprint density at radius 1 is 1.08 bits per heavy atom. The summed E-state index contributed by atoms with van der Waals surface area (Å²) >= 11 is 0. The maximum Gasteiger partial charge on any atom is 0.586 e. The fourth-order valence-electron chi connectivity index (χ4n) is 2.39. The highest BCUT2D eigenvalue weighted by Crippen LogP contribution is 2.42.